The summed E-state index contributed by atoms with van der Waals surface area (Å²) in [7, 11) is 0. The van der Waals surface area contributed by atoms with Gasteiger partial charge in [0.05, 0.1) is 6.42 Å². The van der Waals surface area contributed by atoms with Crippen LogP contribution in [0, 0.1) is 0 Å². The molecule has 0 spiro atoms. The van der Waals surface area contributed by atoms with E-state index in [0.29, 0.717) is 0 Å². The molecule has 1 aliphatic rings. The van der Waals surface area contributed by atoms with Crippen molar-refractivity contribution in [3.63, 3.8) is 0 Å². The highest BCUT2D eigenvalue weighted by molar-refractivity contribution is 6.06. The van der Waals surface area contributed by atoms with Gasteiger partial charge in [0.1, 0.15) is 5.78 Å². The van der Waals surface area contributed by atoms with Gasteiger partial charge in [-0.25, -0.2) is 0 Å². The van der Waals surface area contributed by atoms with Gasteiger partial charge in [-0.1, -0.05) is 18.2 Å². The number of benzene rings is 1. The van der Waals surface area contributed by atoms with Gasteiger partial charge in [0.15, 0.2) is 0 Å². The number of amides is 1. The minimum absolute atomic E-state index is 0.00132. The summed E-state index contributed by atoms with van der Waals surface area (Å²) in [6.07, 6.45) is 0.874. The topological polar surface area (TPSA) is 37.4 Å². The molecule has 1 heterocycles. The molecular formula is C13H15NO2. The first-order valence-corrected chi connectivity index (χ1v) is 5.49. The van der Waals surface area contributed by atoms with Crippen LogP contribution in [0.4, 0.5) is 5.69 Å². The molecule has 84 valence electrons. The molecule has 1 aromatic rings. The number of rotatable bonds is 2. The first-order valence-electron chi connectivity index (χ1n) is 5.49. The van der Waals surface area contributed by atoms with E-state index < -0.39 is 0 Å². The van der Waals surface area contributed by atoms with Crippen LogP contribution in [0.3, 0.4) is 0 Å². The number of para-hydroxylation sites is 1. The van der Waals surface area contributed by atoms with Crippen LogP contribution < -0.4 is 4.90 Å². The third-order valence-corrected chi connectivity index (χ3v) is 2.88. The highest BCUT2D eigenvalue weighted by Gasteiger charge is 2.30. The summed E-state index contributed by atoms with van der Waals surface area (Å²) in [6, 6.07) is 8.03. The second-order valence-corrected chi connectivity index (χ2v) is 4.32. The van der Waals surface area contributed by atoms with Crippen molar-refractivity contribution in [2.45, 2.75) is 32.7 Å². The molecule has 0 bridgehead atoms. The van der Waals surface area contributed by atoms with Crippen molar-refractivity contribution >= 4 is 17.4 Å². The highest BCUT2D eigenvalue weighted by atomic mass is 16.2. The Morgan fingerprint density at radius 3 is 2.75 bits per heavy atom. The van der Waals surface area contributed by atoms with Crippen LogP contribution in [0.25, 0.3) is 0 Å². The summed E-state index contributed by atoms with van der Waals surface area (Å²) in [4.78, 5) is 24.7. The molecule has 1 atom stereocenters. The minimum Gasteiger partial charge on any atom is -0.309 e. The van der Waals surface area contributed by atoms with Crippen LogP contribution in [-0.2, 0) is 16.0 Å². The molecule has 1 unspecified atom stereocenters. The molecule has 0 aliphatic carbocycles. The van der Waals surface area contributed by atoms with E-state index in [4.69, 9.17) is 0 Å². The van der Waals surface area contributed by atoms with Gasteiger partial charge in [-0.05, 0) is 31.9 Å². The number of fused-ring (bicyclic) bond motifs is 1. The number of ketones is 1. The van der Waals surface area contributed by atoms with Crippen molar-refractivity contribution in [2.24, 2.45) is 0 Å². The normalized spacial score (nSPS) is 18.4. The molecule has 1 aliphatic heterocycles. The molecule has 0 saturated heterocycles. The third kappa shape index (κ3) is 1.85. The summed E-state index contributed by atoms with van der Waals surface area (Å²) in [6.45, 7) is 3.46. The Morgan fingerprint density at radius 2 is 2.06 bits per heavy atom. The van der Waals surface area contributed by atoms with Crippen molar-refractivity contribution in [3.8, 4) is 0 Å². The maximum Gasteiger partial charge on any atom is 0.234 e. The number of anilines is 1. The van der Waals surface area contributed by atoms with Gasteiger partial charge in [0.25, 0.3) is 0 Å². The molecule has 2 rings (SSSR count). The molecule has 3 heteroatoms. The molecule has 0 aromatic heterocycles. The van der Waals surface area contributed by atoms with E-state index in [1.165, 1.54) is 12.5 Å². The zero-order chi connectivity index (χ0) is 11.7. The van der Waals surface area contributed by atoms with Gasteiger partial charge >= 0.3 is 0 Å². The van der Waals surface area contributed by atoms with Gasteiger partial charge in [-0.2, -0.15) is 0 Å². The minimum atomic E-state index is -0.0926. The van der Waals surface area contributed by atoms with E-state index in [1.54, 1.807) is 4.90 Å². The SMILES string of the molecule is CC(=O)CC(=O)N1c2ccccc2CC1C. The van der Waals surface area contributed by atoms with E-state index in [0.717, 1.165) is 12.1 Å². The first-order chi connectivity index (χ1) is 7.59. The van der Waals surface area contributed by atoms with Crippen molar-refractivity contribution in [2.75, 3.05) is 4.90 Å². The fraction of sp³-hybridized carbons (Fsp3) is 0.385. The lowest BCUT2D eigenvalue weighted by molar-refractivity contribution is -0.125. The third-order valence-electron chi connectivity index (χ3n) is 2.88. The number of carbonyl (C=O) groups is 2. The molecule has 0 saturated carbocycles. The molecule has 0 radical (unpaired) electrons. The fourth-order valence-corrected chi connectivity index (χ4v) is 2.24. The highest BCUT2D eigenvalue weighted by Crippen LogP contribution is 2.32. The number of nitrogens with zero attached hydrogens (tertiary/aromatic N) is 1. The quantitative estimate of drug-likeness (QED) is 0.710. The predicted molar refractivity (Wildman–Crippen MR) is 62.4 cm³/mol. The maximum atomic E-state index is 11.9. The Hall–Kier alpha value is -1.64. The van der Waals surface area contributed by atoms with E-state index in [-0.39, 0.29) is 24.2 Å². The van der Waals surface area contributed by atoms with E-state index in [2.05, 4.69) is 0 Å². The second kappa shape index (κ2) is 4.08. The number of Topliss-reactive ketones (excluding diaryl/α,β-unsaturated/α-hetero) is 1. The van der Waals surface area contributed by atoms with Gasteiger partial charge in [-0.15, -0.1) is 0 Å². The molecule has 3 nitrogen and oxygen atoms in total. The van der Waals surface area contributed by atoms with Gasteiger partial charge in [0, 0.05) is 11.7 Å². The summed E-state index contributed by atoms with van der Waals surface area (Å²) in [5, 5.41) is 0. The smallest absolute Gasteiger partial charge is 0.234 e. The lowest BCUT2D eigenvalue weighted by Gasteiger charge is -2.22. The monoisotopic (exact) mass is 217 g/mol. The summed E-state index contributed by atoms with van der Waals surface area (Å²) < 4.78 is 0. The average molecular weight is 217 g/mol. The fourth-order valence-electron chi connectivity index (χ4n) is 2.24. The summed E-state index contributed by atoms with van der Waals surface area (Å²) in [5.74, 6) is -0.175. The van der Waals surface area contributed by atoms with Crippen molar-refractivity contribution in [3.05, 3.63) is 29.8 Å². The average Bonchev–Trinajstić information content (AvgIpc) is 2.52. The largest absolute Gasteiger partial charge is 0.309 e. The van der Waals surface area contributed by atoms with Crippen molar-refractivity contribution < 1.29 is 9.59 Å². The van der Waals surface area contributed by atoms with E-state index in [1.807, 2.05) is 31.2 Å². The number of carbonyl (C=O) groups excluding carboxylic acids is 2. The Balaban J connectivity index is 2.28. The molecule has 1 aromatic carbocycles. The van der Waals surface area contributed by atoms with Crippen LogP contribution in [0.5, 0.6) is 0 Å². The lowest BCUT2D eigenvalue weighted by atomic mass is 10.1. The maximum absolute atomic E-state index is 11.9. The van der Waals surface area contributed by atoms with E-state index in [9.17, 15) is 9.59 Å². The lowest BCUT2D eigenvalue weighted by Crippen LogP contribution is -2.36. The van der Waals surface area contributed by atoms with Crippen molar-refractivity contribution in [1.29, 1.82) is 0 Å². The van der Waals surface area contributed by atoms with Gasteiger partial charge in [-0.3, -0.25) is 9.59 Å². The van der Waals surface area contributed by atoms with Crippen molar-refractivity contribution in [1.82, 2.24) is 0 Å². The predicted octanol–water partition coefficient (Wildman–Crippen LogP) is 1.94. The molecule has 0 fully saturated rings. The van der Waals surface area contributed by atoms with Crippen LogP contribution in [0.15, 0.2) is 24.3 Å². The number of hydrogen-bond donors (Lipinski definition) is 0. The van der Waals surface area contributed by atoms with Gasteiger partial charge < -0.3 is 4.90 Å². The number of hydrogen-bond acceptors (Lipinski definition) is 2. The first kappa shape index (κ1) is 10.9. The zero-order valence-corrected chi connectivity index (χ0v) is 9.56. The summed E-state index contributed by atoms with van der Waals surface area (Å²) >= 11 is 0. The van der Waals surface area contributed by atoms with Crippen LogP contribution >= 0.6 is 0 Å². The van der Waals surface area contributed by atoms with Crippen LogP contribution in [0.1, 0.15) is 25.8 Å². The Kier molecular flexibility index (Phi) is 2.77. The van der Waals surface area contributed by atoms with Crippen LogP contribution in [0.2, 0.25) is 0 Å². The standard InChI is InChI=1S/C13H15NO2/c1-9-7-11-5-3-4-6-12(11)14(9)13(16)8-10(2)15/h3-6,9H,7-8H2,1-2H3. The van der Waals surface area contributed by atoms with Crippen LogP contribution in [-0.4, -0.2) is 17.7 Å². The zero-order valence-electron chi connectivity index (χ0n) is 9.56. The Labute approximate surface area is 95.1 Å². The molecule has 16 heavy (non-hydrogen) atoms. The molecule has 0 N–H and O–H groups in total. The Morgan fingerprint density at radius 1 is 1.38 bits per heavy atom. The summed E-state index contributed by atoms with van der Waals surface area (Å²) in [5.41, 5.74) is 2.15. The molecular weight excluding hydrogens is 202 g/mol. The second-order valence-electron chi connectivity index (χ2n) is 4.32. The van der Waals surface area contributed by atoms with Gasteiger partial charge in [0.2, 0.25) is 5.91 Å². The molecule has 1 amide bonds. The Bertz CT molecular complexity index is 439. The van der Waals surface area contributed by atoms with E-state index >= 15 is 0 Å².